The Morgan fingerprint density at radius 3 is 2.26 bits per heavy atom. The average molecular weight is 363 g/mol. The van der Waals surface area contributed by atoms with Crippen LogP contribution in [0.4, 0.5) is 0 Å². The molecule has 4 bridgehead atoms. The normalized spacial score (nSPS) is 35.9. The smallest absolute Gasteiger partial charge is 0.228 e. The summed E-state index contributed by atoms with van der Waals surface area (Å²) in [6.45, 7) is 1.90. The first-order chi connectivity index (χ1) is 13.2. The van der Waals surface area contributed by atoms with Crippen LogP contribution in [0.2, 0.25) is 0 Å². The summed E-state index contributed by atoms with van der Waals surface area (Å²) < 4.78 is 0. The number of nitrogens with zero attached hydrogens (tertiary/aromatic N) is 1. The molecule has 1 aromatic carbocycles. The monoisotopic (exact) mass is 362 g/mol. The third kappa shape index (κ3) is 2.50. The quantitative estimate of drug-likeness (QED) is 0.793. The lowest BCUT2D eigenvalue weighted by Crippen LogP contribution is -2.55. The SMILES string of the molecule is O=C(N1CCC(c2c[nH]c3ccccc23)CC1)C12CC3CC(CC(C3)C1)C2. The first kappa shape index (κ1) is 16.2. The van der Waals surface area contributed by atoms with Gasteiger partial charge in [0.15, 0.2) is 0 Å². The molecule has 5 fully saturated rings. The minimum atomic E-state index is 0.0301. The van der Waals surface area contributed by atoms with Gasteiger partial charge in [0.25, 0.3) is 0 Å². The maximum atomic E-state index is 13.6. The molecule has 1 amide bonds. The molecule has 0 atom stereocenters. The van der Waals surface area contributed by atoms with Crippen molar-refractivity contribution in [1.82, 2.24) is 9.88 Å². The van der Waals surface area contributed by atoms with E-state index in [-0.39, 0.29) is 5.41 Å². The van der Waals surface area contributed by atoms with Crippen molar-refractivity contribution < 1.29 is 4.79 Å². The molecule has 142 valence electrons. The fourth-order valence-corrected chi connectivity index (χ4v) is 7.53. The van der Waals surface area contributed by atoms with Crippen LogP contribution in [0.5, 0.6) is 0 Å². The first-order valence-corrected chi connectivity index (χ1v) is 11.1. The summed E-state index contributed by atoms with van der Waals surface area (Å²) in [7, 11) is 0. The lowest BCUT2D eigenvalue weighted by molar-refractivity contribution is -0.158. The molecule has 27 heavy (non-hydrogen) atoms. The van der Waals surface area contributed by atoms with Gasteiger partial charge in [0.1, 0.15) is 0 Å². The Labute approximate surface area is 161 Å². The zero-order valence-electron chi connectivity index (χ0n) is 16.1. The van der Waals surface area contributed by atoms with Gasteiger partial charge in [-0.15, -0.1) is 0 Å². The maximum Gasteiger partial charge on any atom is 0.228 e. The number of piperidine rings is 1. The van der Waals surface area contributed by atoms with Gasteiger partial charge in [-0.3, -0.25) is 4.79 Å². The number of aromatic amines is 1. The fraction of sp³-hybridized carbons (Fsp3) is 0.625. The van der Waals surface area contributed by atoms with Gasteiger partial charge >= 0.3 is 0 Å². The standard InChI is InChI=1S/C24H30N2O/c27-23(24-12-16-9-17(13-24)11-18(10-16)14-24)26-7-5-19(6-8-26)21-15-25-22-4-2-1-3-20(21)22/h1-4,15-19,25H,5-14H2. The van der Waals surface area contributed by atoms with Crippen LogP contribution in [0.25, 0.3) is 10.9 Å². The molecule has 0 radical (unpaired) electrons. The fourth-order valence-electron chi connectivity index (χ4n) is 7.53. The molecule has 2 heterocycles. The van der Waals surface area contributed by atoms with Crippen LogP contribution in [0.3, 0.4) is 0 Å². The number of likely N-dealkylation sites (tertiary alicyclic amines) is 1. The number of hydrogen-bond donors (Lipinski definition) is 1. The molecule has 1 aliphatic heterocycles. The number of aromatic nitrogens is 1. The molecule has 3 nitrogen and oxygen atoms in total. The lowest BCUT2D eigenvalue weighted by atomic mass is 9.49. The van der Waals surface area contributed by atoms with E-state index in [2.05, 4.69) is 40.3 Å². The van der Waals surface area contributed by atoms with E-state index in [1.54, 1.807) is 0 Å². The summed E-state index contributed by atoms with van der Waals surface area (Å²) in [6.07, 6.45) is 12.2. The van der Waals surface area contributed by atoms with Crippen LogP contribution in [0.15, 0.2) is 30.5 Å². The predicted molar refractivity (Wildman–Crippen MR) is 107 cm³/mol. The van der Waals surface area contributed by atoms with E-state index >= 15 is 0 Å². The number of rotatable bonds is 2. The Kier molecular flexibility index (Phi) is 3.52. The zero-order valence-corrected chi connectivity index (χ0v) is 16.1. The molecule has 3 heteroatoms. The van der Waals surface area contributed by atoms with Crippen LogP contribution >= 0.6 is 0 Å². The van der Waals surface area contributed by atoms with Gasteiger partial charge in [-0.25, -0.2) is 0 Å². The minimum absolute atomic E-state index is 0.0301. The maximum absolute atomic E-state index is 13.6. The van der Waals surface area contributed by atoms with E-state index in [0.717, 1.165) is 43.7 Å². The number of amides is 1. The first-order valence-electron chi connectivity index (χ1n) is 11.1. The van der Waals surface area contributed by atoms with Crippen molar-refractivity contribution in [2.75, 3.05) is 13.1 Å². The van der Waals surface area contributed by atoms with E-state index in [0.29, 0.717) is 11.8 Å². The molecule has 5 aliphatic rings. The second-order valence-electron chi connectivity index (χ2n) is 10.1. The largest absolute Gasteiger partial charge is 0.361 e. The molecule has 1 saturated heterocycles. The highest BCUT2D eigenvalue weighted by Crippen LogP contribution is 2.60. The second kappa shape index (κ2) is 5.86. The van der Waals surface area contributed by atoms with Crippen LogP contribution in [-0.4, -0.2) is 28.9 Å². The van der Waals surface area contributed by atoms with Gasteiger partial charge in [-0.1, -0.05) is 18.2 Å². The second-order valence-corrected chi connectivity index (χ2v) is 10.1. The van der Waals surface area contributed by atoms with Crippen LogP contribution in [0.1, 0.15) is 62.8 Å². The van der Waals surface area contributed by atoms with Crippen LogP contribution < -0.4 is 0 Å². The number of nitrogens with one attached hydrogen (secondary N) is 1. The summed E-state index contributed by atoms with van der Waals surface area (Å²) in [5.74, 6) is 3.66. The number of H-pyrrole nitrogens is 1. The molecule has 1 aromatic heterocycles. The Morgan fingerprint density at radius 1 is 0.963 bits per heavy atom. The number of benzene rings is 1. The van der Waals surface area contributed by atoms with E-state index in [4.69, 9.17) is 0 Å². The number of para-hydroxylation sites is 1. The molecule has 0 spiro atoms. The highest BCUT2D eigenvalue weighted by molar-refractivity contribution is 5.84. The molecule has 4 aliphatic carbocycles. The van der Waals surface area contributed by atoms with Gasteiger partial charge in [-0.2, -0.15) is 0 Å². The molecular formula is C24H30N2O. The van der Waals surface area contributed by atoms with E-state index < -0.39 is 0 Å². The summed E-state index contributed by atoms with van der Waals surface area (Å²) in [5.41, 5.74) is 2.72. The number of carbonyl (C=O) groups excluding carboxylic acids is 1. The number of fused-ring (bicyclic) bond motifs is 1. The van der Waals surface area contributed by atoms with Crippen molar-refractivity contribution in [3.63, 3.8) is 0 Å². The molecule has 7 rings (SSSR count). The van der Waals surface area contributed by atoms with Gasteiger partial charge < -0.3 is 9.88 Å². The zero-order chi connectivity index (χ0) is 18.0. The average Bonchev–Trinajstić information content (AvgIpc) is 3.11. The summed E-state index contributed by atoms with van der Waals surface area (Å²) in [5, 5.41) is 1.36. The third-order valence-corrected chi connectivity index (χ3v) is 8.34. The predicted octanol–water partition coefficient (Wildman–Crippen LogP) is 5.09. The molecule has 1 N–H and O–H groups in total. The highest BCUT2D eigenvalue weighted by Gasteiger charge is 2.55. The van der Waals surface area contributed by atoms with E-state index in [1.807, 2.05) is 0 Å². The van der Waals surface area contributed by atoms with Crippen molar-refractivity contribution >= 4 is 16.8 Å². The molecule has 4 saturated carbocycles. The summed E-state index contributed by atoms with van der Waals surface area (Å²) in [4.78, 5) is 19.3. The molecule has 2 aromatic rings. The Morgan fingerprint density at radius 2 is 1.59 bits per heavy atom. The van der Waals surface area contributed by atoms with Gasteiger partial charge in [-0.05, 0) is 86.7 Å². The number of hydrogen-bond acceptors (Lipinski definition) is 1. The van der Waals surface area contributed by atoms with Crippen LogP contribution in [-0.2, 0) is 4.79 Å². The van der Waals surface area contributed by atoms with Crippen molar-refractivity contribution in [2.45, 2.75) is 57.3 Å². The van der Waals surface area contributed by atoms with Crippen molar-refractivity contribution in [2.24, 2.45) is 23.2 Å². The Balaban J connectivity index is 1.18. The topological polar surface area (TPSA) is 36.1 Å². The van der Waals surface area contributed by atoms with Crippen molar-refractivity contribution in [3.05, 3.63) is 36.0 Å². The summed E-state index contributed by atoms with van der Waals surface area (Å²) in [6, 6.07) is 8.61. The van der Waals surface area contributed by atoms with Crippen LogP contribution in [0, 0.1) is 23.2 Å². The van der Waals surface area contributed by atoms with Crippen molar-refractivity contribution in [1.29, 1.82) is 0 Å². The minimum Gasteiger partial charge on any atom is -0.361 e. The van der Waals surface area contributed by atoms with E-state index in [1.165, 1.54) is 55.0 Å². The van der Waals surface area contributed by atoms with Gasteiger partial charge in [0.2, 0.25) is 5.91 Å². The molecule has 0 unspecified atom stereocenters. The molecular weight excluding hydrogens is 332 g/mol. The third-order valence-electron chi connectivity index (χ3n) is 8.34. The van der Waals surface area contributed by atoms with Gasteiger partial charge in [0, 0.05) is 30.2 Å². The number of carbonyl (C=O) groups is 1. The van der Waals surface area contributed by atoms with E-state index in [9.17, 15) is 4.79 Å². The summed E-state index contributed by atoms with van der Waals surface area (Å²) >= 11 is 0. The van der Waals surface area contributed by atoms with Crippen molar-refractivity contribution in [3.8, 4) is 0 Å². The Bertz CT molecular complexity index is 838. The lowest BCUT2D eigenvalue weighted by Gasteiger charge is -2.57. The highest BCUT2D eigenvalue weighted by atomic mass is 16.2. The Hall–Kier alpha value is -1.77. The van der Waals surface area contributed by atoms with Gasteiger partial charge in [0.05, 0.1) is 5.41 Å².